The number of halogens is 2. The van der Waals surface area contributed by atoms with Crippen LogP contribution < -0.4 is 5.32 Å². The summed E-state index contributed by atoms with van der Waals surface area (Å²) in [6.07, 6.45) is 6.35. The van der Waals surface area contributed by atoms with E-state index in [1.165, 1.54) is 30.6 Å². The number of hydrogen-bond donors (Lipinski definition) is 1. The topological polar surface area (TPSA) is 12.0 Å². The molecule has 1 N–H and O–H groups in total. The lowest BCUT2D eigenvalue weighted by atomic mass is 10.1. The lowest BCUT2D eigenvalue weighted by Gasteiger charge is -1.99. The number of unbranched alkanes of at least 4 members (excludes halogenated alkanes) is 3. The Morgan fingerprint density at radius 1 is 1.33 bits per heavy atom. The molecular weight excluding hydrogens is 294 g/mol. The van der Waals surface area contributed by atoms with Crippen LogP contribution in [0.5, 0.6) is 0 Å². The molecule has 0 amide bonds. The third-order valence-electron chi connectivity index (χ3n) is 2.30. The first-order chi connectivity index (χ1) is 7.24. The normalized spacial score (nSPS) is 10.9. The van der Waals surface area contributed by atoms with Crippen LogP contribution in [-0.4, -0.2) is 13.6 Å². The van der Waals surface area contributed by atoms with Crippen molar-refractivity contribution in [3.63, 3.8) is 0 Å². The van der Waals surface area contributed by atoms with Crippen LogP contribution in [0.2, 0.25) is 5.02 Å². The highest BCUT2D eigenvalue weighted by Crippen LogP contribution is 2.32. The second-order valence-electron chi connectivity index (χ2n) is 3.60. The van der Waals surface area contributed by atoms with Gasteiger partial charge in [0.15, 0.2) is 0 Å². The molecule has 0 radical (unpaired) electrons. The summed E-state index contributed by atoms with van der Waals surface area (Å²) < 4.78 is 1.06. The van der Waals surface area contributed by atoms with Gasteiger partial charge in [-0.25, -0.2) is 0 Å². The molecule has 0 aliphatic carbocycles. The maximum atomic E-state index is 5.97. The molecule has 0 fully saturated rings. The molecule has 0 bridgehead atoms. The van der Waals surface area contributed by atoms with Gasteiger partial charge in [-0.1, -0.05) is 24.4 Å². The van der Waals surface area contributed by atoms with Crippen LogP contribution in [0, 0.1) is 0 Å². The maximum absolute atomic E-state index is 5.97. The summed E-state index contributed by atoms with van der Waals surface area (Å²) in [5, 5.41) is 4.02. The summed E-state index contributed by atoms with van der Waals surface area (Å²) in [6, 6.07) is 2.07. The van der Waals surface area contributed by atoms with Crippen molar-refractivity contribution < 1.29 is 0 Å². The minimum Gasteiger partial charge on any atom is -0.320 e. The highest BCUT2D eigenvalue weighted by Gasteiger charge is 2.03. The molecule has 15 heavy (non-hydrogen) atoms. The zero-order valence-electron chi connectivity index (χ0n) is 8.98. The van der Waals surface area contributed by atoms with E-state index in [2.05, 4.69) is 27.3 Å². The van der Waals surface area contributed by atoms with E-state index in [0.717, 1.165) is 21.8 Å². The molecule has 1 rings (SSSR count). The van der Waals surface area contributed by atoms with Crippen LogP contribution >= 0.6 is 38.9 Å². The quantitative estimate of drug-likeness (QED) is 0.732. The van der Waals surface area contributed by atoms with Crippen molar-refractivity contribution in [1.82, 2.24) is 5.32 Å². The smallest absolute Gasteiger partial charge is 0.0887 e. The number of rotatable bonds is 7. The Labute approximate surface area is 109 Å². The Balaban J connectivity index is 2.10. The summed E-state index contributed by atoms with van der Waals surface area (Å²) in [6.45, 7) is 1.14. The second-order valence-corrected chi connectivity index (χ2v) is 6.46. The van der Waals surface area contributed by atoms with Gasteiger partial charge in [0.2, 0.25) is 0 Å². The lowest BCUT2D eigenvalue weighted by Crippen LogP contribution is -2.06. The van der Waals surface area contributed by atoms with Crippen molar-refractivity contribution in [2.45, 2.75) is 32.1 Å². The highest BCUT2D eigenvalue weighted by atomic mass is 79.9. The van der Waals surface area contributed by atoms with Crippen LogP contribution in [0.3, 0.4) is 0 Å². The molecule has 0 saturated carbocycles. The van der Waals surface area contributed by atoms with Crippen molar-refractivity contribution in [2.24, 2.45) is 0 Å². The lowest BCUT2D eigenvalue weighted by molar-refractivity contribution is 0.618. The molecule has 0 aliphatic heterocycles. The molecule has 0 aromatic carbocycles. The first-order valence-corrected chi connectivity index (χ1v) is 7.31. The zero-order valence-corrected chi connectivity index (χ0v) is 12.1. The first-order valence-electron chi connectivity index (χ1n) is 5.32. The van der Waals surface area contributed by atoms with Gasteiger partial charge in [-0.15, -0.1) is 11.3 Å². The van der Waals surface area contributed by atoms with E-state index in [4.69, 9.17) is 11.6 Å². The van der Waals surface area contributed by atoms with Crippen molar-refractivity contribution in [3.05, 3.63) is 19.8 Å². The molecule has 4 heteroatoms. The van der Waals surface area contributed by atoms with Gasteiger partial charge in [-0.3, -0.25) is 0 Å². The number of hydrogen-bond acceptors (Lipinski definition) is 2. The minimum absolute atomic E-state index is 0.852. The van der Waals surface area contributed by atoms with Gasteiger partial charge in [0.25, 0.3) is 0 Å². The number of aryl methyl sites for hydroxylation is 1. The van der Waals surface area contributed by atoms with E-state index >= 15 is 0 Å². The monoisotopic (exact) mass is 309 g/mol. The van der Waals surface area contributed by atoms with Gasteiger partial charge in [0.05, 0.1) is 8.81 Å². The van der Waals surface area contributed by atoms with Crippen molar-refractivity contribution in [1.29, 1.82) is 0 Å². The van der Waals surface area contributed by atoms with Gasteiger partial charge >= 0.3 is 0 Å². The van der Waals surface area contributed by atoms with E-state index in [1.54, 1.807) is 11.3 Å². The molecule has 1 heterocycles. The van der Waals surface area contributed by atoms with Crippen LogP contribution in [-0.2, 0) is 6.42 Å². The SMILES string of the molecule is CNCCCCCCc1cc(Cl)c(Br)s1. The van der Waals surface area contributed by atoms with Crippen LogP contribution in [0.25, 0.3) is 0 Å². The summed E-state index contributed by atoms with van der Waals surface area (Å²) in [4.78, 5) is 1.39. The van der Waals surface area contributed by atoms with E-state index in [1.807, 2.05) is 7.05 Å². The number of thiophene rings is 1. The standard InChI is InChI=1S/C11H17BrClNS/c1-14-7-5-3-2-4-6-9-8-10(13)11(12)15-9/h8,14H,2-7H2,1H3. The van der Waals surface area contributed by atoms with Crippen molar-refractivity contribution in [3.8, 4) is 0 Å². The van der Waals surface area contributed by atoms with Crippen molar-refractivity contribution >= 4 is 38.9 Å². The zero-order chi connectivity index (χ0) is 11.1. The van der Waals surface area contributed by atoms with E-state index < -0.39 is 0 Å². The largest absolute Gasteiger partial charge is 0.320 e. The Hall–Kier alpha value is 0.430. The first kappa shape index (κ1) is 13.5. The summed E-state index contributed by atoms with van der Waals surface area (Å²) in [5.74, 6) is 0. The molecular formula is C11H17BrClNS. The van der Waals surface area contributed by atoms with Gasteiger partial charge in [0.1, 0.15) is 0 Å². The maximum Gasteiger partial charge on any atom is 0.0887 e. The fourth-order valence-electron chi connectivity index (χ4n) is 1.47. The molecule has 1 nitrogen and oxygen atoms in total. The van der Waals surface area contributed by atoms with Crippen molar-refractivity contribution in [2.75, 3.05) is 13.6 Å². The Morgan fingerprint density at radius 2 is 2.07 bits per heavy atom. The van der Waals surface area contributed by atoms with Crippen LogP contribution in [0.15, 0.2) is 9.85 Å². The average Bonchev–Trinajstić information content (AvgIpc) is 2.52. The predicted octanol–water partition coefficient (Wildman–Crippen LogP) is 4.49. The Bertz CT molecular complexity index is 269. The highest BCUT2D eigenvalue weighted by molar-refractivity contribution is 9.11. The minimum atomic E-state index is 0.852. The average molecular weight is 311 g/mol. The van der Waals surface area contributed by atoms with E-state index in [9.17, 15) is 0 Å². The Morgan fingerprint density at radius 3 is 2.67 bits per heavy atom. The van der Waals surface area contributed by atoms with Crippen LogP contribution in [0.4, 0.5) is 0 Å². The molecule has 0 saturated heterocycles. The van der Waals surface area contributed by atoms with E-state index in [0.29, 0.717) is 0 Å². The Kier molecular flexibility index (Phi) is 6.89. The summed E-state index contributed by atoms with van der Waals surface area (Å²) in [5.41, 5.74) is 0. The third-order valence-corrected chi connectivity index (χ3v) is 4.83. The number of nitrogens with one attached hydrogen (secondary N) is 1. The van der Waals surface area contributed by atoms with Gasteiger partial charge in [-0.05, 0) is 54.9 Å². The predicted molar refractivity (Wildman–Crippen MR) is 73.1 cm³/mol. The fourth-order valence-corrected chi connectivity index (χ4v) is 3.33. The fraction of sp³-hybridized carbons (Fsp3) is 0.636. The summed E-state index contributed by atoms with van der Waals surface area (Å²) in [7, 11) is 2.01. The van der Waals surface area contributed by atoms with Crippen LogP contribution in [0.1, 0.15) is 30.6 Å². The third kappa shape index (κ3) is 5.34. The van der Waals surface area contributed by atoms with E-state index in [-0.39, 0.29) is 0 Å². The molecule has 0 spiro atoms. The van der Waals surface area contributed by atoms with Gasteiger partial charge in [-0.2, -0.15) is 0 Å². The molecule has 1 aromatic heterocycles. The molecule has 1 aromatic rings. The van der Waals surface area contributed by atoms with Gasteiger partial charge in [0, 0.05) is 4.88 Å². The summed E-state index contributed by atoms with van der Waals surface area (Å²) >= 11 is 11.2. The molecule has 86 valence electrons. The molecule has 0 atom stereocenters. The molecule has 0 unspecified atom stereocenters. The van der Waals surface area contributed by atoms with Gasteiger partial charge < -0.3 is 5.32 Å². The molecule has 0 aliphatic rings. The second kappa shape index (κ2) is 7.66.